The van der Waals surface area contributed by atoms with Crippen LogP contribution in [0.4, 0.5) is 0 Å². The van der Waals surface area contributed by atoms with Gasteiger partial charge in [0.2, 0.25) is 0 Å². The van der Waals surface area contributed by atoms with E-state index in [0.29, 0.717) is 17.5 Å². The van der Waals surface area contributed by atoms with Gasteiger partial charge in [0.1, 0.15) is 0 Å². The Morgan fingerprint density at radius 3 is 1.63 bits per heavy atom. The predicted octanol–water partition coefficient (Wildman–Crippen LogP) is 12.3. The fraction of sp³-hybridized carbons (Fsp3) is 0.0625. The topological polar surface area (TPSA) is 38.7 Å². The number of rotatable bonds is 4. The maximum Gasteiger partial charge on any atom is 0.164 e. The van der Waals surface area contributed by atoms with Crippen LogP contribution in [-0.2, 0) is 5.41 Å². The van der Waals surface area contributed by atoms with Crippen LogP contribution >= 0.6 is 0 Å². The molecule has 0 radical (unpaired) electrons. The third-order valence-corrected chi connectivity index (χ3v) is 10.7. The average Bonchev–Trinajstić information content (AvgIpc) is 3.44. The molecular weight excluding hydrogens is 619 g/mol. The molecule has 3 nitrogen and oxygen atoms in total. The summed E-state index contributed by atoms with van der Waals surface area (Å²) in [6.45, 7) is 4.69. The van der Waals surface area contributed by atoms with Gasteiger partial charge in [-0.25, -0.2) is 15.0 Å². The van der Waals surface area contributed by atoms with Crippen molar-refractivity contribution in [3.05, 3.63) is 175 Å². The first-order valence-corrected chi connectivity index (χ1v) is 17.5. The van der Waals surface area contributed by atoms with Gasteiger partial charge in [-0.1, -0.05) is 172 Å². The summed E-state index contributed by atoms with van der Waals surface area (Å²) < 4.78 is 0. The molecule has 0 fully saturated rings. The Morgan fingerprint density at radius 1 is 0.373 bits per heavy atom. The average molecular weight is 652 g/mol. The second-order valence-corrected chi connectivity index (χ2v) is 14.0. The number of nitrogens with zero attached hydrogens (tertiary/aromatic N) is 3. The molecule has 0 spiro atoms. The van der Waals surface area contributed by atoms with Gasteiger partial charge in [0.05, 0.1) is 0 Å². The zero-order valence-corrected chi connectivity index (χ0v) is 28.4. The fourth-order valence-corrected chi connectivity index (χ4v) is 8.10. The summed E-state index contributed by atoms with van der Waals surface area (Å²) in [6.07, 6.45) is 0. The summed E-state index contributed by atoms with van der Waals surface area (Å²) in [5, 5.41) is 7.49. The second kappa shape index (κ2) is 11.3. The Labute approximate surface area is 297 Å². The zero-order valence-electron chi connectivity index (χ0n) is 28.4. The number of hydrogen-bond acceptors (Lipinski definition) is 3. The highest BCUT2D eigenvalue weighted by Gasteiger charge is 2.36. The number of benzene rings is 8. The summed E-state index contributed by atoms with van der Waals surface area (Å²) in [5.41, 5.74) is 10.7. The van der Waals surface area contributed by atoms with E-state index < -0.39 is 0 Å². The van der Waals surface area contributed by atoms with Crippen LogP contribution in [0.5, 0.6) is 0 Å². The molecule has 1 aliphatic rings. The lowest BCUT2D eigenvalue weighted by atomic mass is 9.82. The van der Waals surface area contributed by atoms with E-state index in [1.807, 2.05) is 24.3 Å². The SMILES string of the molecule is CC1(C)c2ccccc2-c2c1ccc1c2ccc2ccc3cc(-c4nc(-c5ccccc5)nc(-c5ccc(-c6ccccc6)cc5)n4)ccc3c21. The Balaban J connectivity index is 1.13. The first kappa shape index (κ1) is 29.5. The number of fused-ring (bicyclic) bond motifs is 9. The maximum atomic E-state index is 5.07. The van der Waals surface area contributed by atoms with Crippen LogP contribution in [0.15, 0.2) is 164 Å². The van der Waals surface area contributed by atoms with Crippen LogP contribution in [0.3, 0.4) is 0 Å². The minimum atomic E-state index is -0.0331. The van der Waals surface area contributed by atoms with Crippen molar-refractivity contribution in [3.63, 3.8) is 0 Å². The lowest BCUT2D eigenvalue weighted by molar-refractivity contribution is 0.661. The van der Waals surface area contributed by atoms with Crippen LogP contribution < -0.4 is 0 Å². The quantitative estimate of drug-likeness (QED) is 0.178. The van der Waals surface area contributed by atoms with Crippen molar-refractivity contribution >= 4 is 32.3 Å². The molecule has 8 aromatic carbocycles. The molecule has 0 unspecified atom stereocenters. The molecule has 10 rings (SSSR count). The van der Waals surface area contributed by atoms with Crippen molar-refractivity contribution in [2.24, 2.45) is 0 Å². The van der Waals surface area contributed by atoms with Crippen molar-refractivity contribution in [3.8, 4) is 56.4 Å². The van der Waals surface area contributed by atoms with Crippen LogP contribution in [0.1, 0.15) is 25.0 Å². The normalized spacial score (nSPS) is 13.1. The molecule has 0 N–H and O–H groups in total. The van der Waals surface area contributed by atoms with E-state index in [0.717, 1.165) is 27.6 Å². The van der Waals surface area contributed by atoms with Gasteiger partial charge in [0.15, 0.2) is 17.5 Å². The fourth-order valence-electron chi connectivity index (χ4n) is 8.10. The van der Waals surface area contributed by atoms with Crippen LogP contribution in [-0.4, -0.2) is 15.0 Å². The van der Waals surface area contributed by atoms with Crippen molar-refractivity contribution < 1.29 is 0 Å². The monoisotopic (exact) mass is 651 g/mol. The van der Waals surface area contributed by atoms with E-state index in [1.54, 1.807) is 0 Å². The van der Waals surface area contributed by atoms with E-state index in [9.17, 15) is 0 Å². The lowest BCUT2D eigenvalue weighted by Gasteiger charge is -2.21. The van der Waals surface area contributed by atoms with Crippen molar-refractivity contribution in [1.29, 1.82) is 0 Å². The Morgan fingerprint density at radius 2 is 0.882 bits per heavy atom. The maximum absolute atomic E-state index is 5.07. The largest absolute Gasteiger partial charge is 0.208 e. The van der Waals surface area contributed by atoms with Crippen LogP contribution in [0, 0.1) is 0 Å². The molecular formula is C48H33N3. The first-order valence-electron chi connectivity index (χ1n) is 17.5. The first-order chi connectivity index (χ1) is 25.0. The molecule has 1 heterocycles. The Kier molecular flexibility index (Phi) is 6.53. The molecule has 0 atom stereocenters. The predicted molar refractivity (Wildman–Crippen MR) is 212 cm³/mol. The van der Waals surface area contributed by atoms with E-state index in [2.05, 4.69) is 153 Å². The van der Waals surface area contributed by atoms with E-state index >= 15 is 0 Å². The summed E-state index contributed by atoms with van der Waals surface area (Å²) in [4.78, 5) is 15.1. The van der Waals surface area contributed by atoms with E-state index in [-0.39, 0.29) is 5.41 Å². The third kappa shape index (κ3) is 4.69. The van der Waals surface area contributed by atoms with Gasteiger partial charge in [0.25, 0.3) is 0 Å². The molecule has 240 valence electrons. The van der Waals surface area contributed by atoms with E-state index in [1.165, 1.54) is 54.7 Å². The van der Waals surface area contributed by atoms with Crippen LogP contribution in [0.25, 0.3) is 88.7 Å². The van der Waals surface area contributed by atoms with Crippen molar-refractivity contribution in [1.82, 2.24) is 15.0 Å². The van der Waals surface area contributed by atoms with Gasteiger partial charge in [-0.2, -0.15) is 0 Å². The highest BCUT2D eigenvalue weighted by atomic mass is 15.0. The highest BCUT2D eigenvalue weighted by Crippen LogP contribution is 2.52. The molecule has 9 aromatic rings. The van der Waals surface area contributed by atoms with Gasteiger partial charge in [-0.15, -0.1) is 0 Å². The molecule has 3 heteroatoms. The van der Waals surface area contributed by atoms with Crippen molar-refractivity contribution in [2.75, 3.05) is 0 Å². The Bertz CT molecular complexity index is 2800. The minimum absolute atomic E-state index is 0.0331. The molecule has 0 bridgehead atoms. The van der Waals surface area contributed by atoms with Crippen molar-refractivity contribution in [2.45, 2.75) is 19.3 Å². The standard InChI is InChI=1S/C48H33N3/c1-48(2)41-16-10-9-15-40(41)44-39-26-23-32-19-22-35-29-36(24-25-37(35)43(32)38(39)27-28-42(44)48)47-50-45(33-13-7-4-8-14-33)49-46(51-47)34-20-17-31(18-21-34)30-11-5-3-6-12-30/h3-29H,1-2H3. The molecule has 1 aromatic heterocycles. The number of aromatic nitrogens is 3. The summed E-state index contributed by atoms with van der Waals surface area (Å²) >= 11 is 0. The molecule has 0 saturated carbocycles. The molecule has 1 aliphatic carbocycles. The zero-order chi connectivity index (χ0) is 34.1. The molecule has 0 amide bonds. The van der Waals surface area contributed by atoms with E-state index in [4.69, 9.17) is 15.0 Å². The van der Waals surface area contributed by atoms with Gasteiger partial charge < -0.3 is 0 Å². The molecule has 0 saturated heterocycles. The molecule has 0 aliphatic heterocycles. The van der Waals surface area contributed by atoms with Gasteiger partial charge in [-0.05, 0) is 71.8 Å². The van der Waals surface area contributed by atoms with Crippen LogP contribution in [0.2, 0.25) is 0 Å². The Hall–Kier alpha value is -6.45. The summed E-state index contributed by atoms with van der Waals surface area (Å²) in [5.74, 6) is 1.96. The van der Waals surface area contributed by atoms with Gasteiger partial charge >= 0.3 is 0 Å². The second-order valence-electron chi connectivity index (χ2n) is 14.0. The van der Waals surface area contributed by atoms with Gasteiger partial charge in [-0.3, -0.25) is 0 Å². The third-order valence-electron chi connectivity index (χ3n) is 10.7. The smallest absolute Gasteiger partial charge is 0.164 e. The van der Waals surface area contributed by atoms with Gasteiger partial charge in [0, 0.05) is 22.1 Å². The molecule has 51 heavy (non-hydrogen) atoms. The summed E-state index contributed by atoms with van der Waals surface area (Å²) in [7, 11) is 0. The minimum Gasteiger partial charge on any atom is -0.208 e. The summed E-state index contributed by atoms with van der Waals surface area (Å²) in [6, 6.07) is 58.4. The lowest BCUT2D eigenvalue weighted by Crippen LogP contribution is -2.14. The highest BCUT2D eigenvalue weighted by molar-refractivity contribution is 6.23. The number of hydrogen-bond donors (Lipinski definition) is 0.